The quantitative estimate of drug-likeness (QED) is 0.206. The van der Waals surface area contributed by atoms with E-state index in [0.717, 1.165) is 5.56 Å². The van der Waals surface area contributed by atoms with Crippen LogP contribution in [0.4, 0.5) is 0 Å². The molecule has 1 unspecified atom stereocenters. The number of carbonyl (C=O) groups is 2. The second-order valence-electron chi connectivity index (χ2n) is 8.93. The van der Waals surface area contributed by atoms with E-state index < -0.39 is 17.7 Å². The summed E-state index contributed by atoms with van der Waals surface area (Å²) in [5.41, 5.74) is 1.65. The van der Waals surface area contributed by atoms with Gasteiger partial charge in [-0.15, -0.1) is 0 Å². The van der Waals surface area contributed by atoms with E-state index >= 15 is 0 Å². The van der Waals surface area contributed by atoms with Crippen LogP contribution in [0.5, 0.6) is 23.0 Å². The number of carbonyl (C=O) groups excluding carboxylic acids is 2. The van der Waals surface area contributed by atoms with Crippen LogP contribution in [-0.4, -0.2) is 69.4 Å². The highest BCUT2D eigenvalue weighted by molar-refractivity contribution is 6.46. The van der Waals surface area contributed by atoms with Crippen LogP contribution in [0, 0.1) is 6.92 Å². The monoisotopic (exact) mass is 513 g/mol. The molecular formula is C28H35NO8. The second kappa shape index (κ2) is 12.0. The van der Waals surface area contributed by atoms with Crippen LogP contribution in [0.25, 0.3) is 5.76 Å². The summed E-state index contributed by atoms with van der Waals surface area (Å²) in [5, 5.41) is 11.5. The molecule has 1 fully saturated rings. The number of hydrogen-bond donors (Lipinski definition) is 1. The highest BCUT2D eigenvalue weighted by Gasteiger charge is 2.46. The number of benzene rings is 2. The lowest BCUT2D eigenvalue weighted by Gasteiger charge is -2.27. The summed E-state index contributed by atoms with van der Waals surface area (Å²) in [7, 11) is 5.94. The summed E-state index contributed by atoms with van der Waals surface area (Å²) < 4.78 is 27.5. The van der Waals surface area contributed by atoms with Gasteiger partial charge in [0.2, 0.25) is 5.75 Å². The Morgan fingerprint density at radius 2 is 1.57 bits per heavy atom. The molecule has 0 bridgehead atoms. The molecule has 0 spiro atoms. The van der Waals surface area contributed by atoms with E-state index in [-0.39, 0.29) is 24.0 Å². The summed E-state index contributed by atoms with van der Waals surface area (Å²) in [5.74, 6) is -0.350. The first-order valence-corrected chi connectivity index (χ1v) is 12.0. The van der Waals surface area contributed by atoms with Crippen LogP contribution in [0.2, 0.25) is 0 Å². The van der Waals surface area contributed by atoms with Crippen molar-refractivity contribution in [1.82, 2.24) is 4.90 Å². The van der Waals surface area contributed by atoms with E-state index in [4.69, 9.17) is 23.7 Å². The molecule has 1 N–H and O–H groups in total. The molecule has 0 aromatic heterocycles. The number of amides is 1. The Hall–Kier alpha value is -3.72. The Morgan fingerprint density at radius 1 is 0.946 bits per heavy atom. The molecule has 1 heterocycles. The first kappa shape index (κ1) is 27.9. The Labute approximate surface area is 217 Å². The Balaban J connectivity index is 2.23. The van der Waals surface area contributed by atoms with E-state index in [1.54, 1.807) is 24.3 Å². The average molecular weight is 514 g/mol. The number of methoxy groups -OCH3 is 4. The molecule has 2 aromatic carbocycles. The van der Waals surface area contributed by atoms with Crippen LogP contribution < -0.4 is 18.9 Å². The lowest BCUT2D eigenvalue weighted by molar-refractivity contribution is -0.140. The summed E-state index contributed by atoms with van der Waals surface area (Å²) >= 11 is 0. The maximum Gasteiger partial charge on any atom is 0.295 e. The number of rotatable bonds is 11. The van der Waals surface area contributed by atoms with E-state index in [1.807, 2.05) is 26.8 Å². The predicted octanol–water partition coefficient (Wildman–Crippen LogP) is 4.27. The van der Waals surface area contributed by atoms with E-state index in [1.165, 1.54) is 33.3 Å². The van der Waals surface area contributed by atoms with Gasteiger partial charge >= 0.3 is 0 Å². The van der Waals surface area contributed by atoms with Gasteiger partial charge in [-0.2, -0.15) is 0 Å². The van der Waals surface area contributed by atoms with E-state index in [9.17, 15) is 14.7 Å². The van der Waals surface area contributed by atoms with Crippen molar-refractivity contribution in [2.45, 2.75) is 39.3 Å². The van der Waals surface area contributed by atoms with Crippen molar-refractivity contribution in [1.29, 1.82) is 0 Å². The molecule has 9 heteroatoms. The third-order valence-electron chi connectivity index (χ3n) is 6.15. The van der Waals surface area contributed by atoms with Crippen molar-refractivity contribution in [3.8, 4) is 23.0 Å². The summed E-state index contributed by atoms with van der Waals surface area (Å²) in [4.78, 5) is 28.1. The minimum Gasteiger partial charge on any atom is -0.507 e. The first-order chi connectivity index (χ1) is 17.7. The molecule has 1 amide bonds. The van der Waals surface area contributed by atoms with Crippen LogP contribution >= 0.6 is 0 Å². The SMILES string of the molecule is COc1ccc(C)cc1/C(O)=C1\C(=O)C(=O)N(CCCOC(C)C)C1c1cc(OC)c(OC)c(OC)c1. The van der Waals surface area contributed by atoms with Crippen molar-refractivity contribution >= 4 is 17.4 Å². The standard InChI is InChI=1S/C28H35NO8/c1-16(2)37-12-8-11-29-24(18-14-21(34-5)27(36-7)22(15-18)35-6)23(26(31)28(29)32)25(30)19-13-17(3)9-10-20(19)33-4/h9-10,13-16,24,30H,8,11-12H2,1-7H3/b25-23+. The zero-order chi connectivity index (χ0) is 27.3. The largest absolute Gasteiger partial charge is 0.507 e. The Kier molecular flexibility index (Phi) is 9.04. The number of ketones is 1. The maximum atomic E-state index is 13.4. The molecule has 9 nitrogen and oxygen atoms in total. The highest BCUT2D eigenvalue weighted by Crippen LogP contribution is 2.46. The third-order valence-corrected chi connectivity index (χ3v) is 6.15. The fraction of sp³-hybridized carbons (Fsp3) is 0.429. The molecule has 1 saturated heterocycles. The topological polar surface area (TPSA) is 104 Å². The average Bonchev–Trinajstić information content (AvgIpc) is 3.14. The van der Waals surface area contributed by atoms with Crippen molar-refractivity contribution in [2.75, 3.05) is 41.6 Å². The van der Waals surface area contributed by atoms with Gasteiger partial charge in [0.25, 0.3) is 11.7 Å². The fourth-order valence-corrected chi connectivity index (χ4v) is 4.42. The van der Waals surface area contributed by atoms with E-state index in [0.29, 0.717) is 47.2 Å². The number of Topliss-reactive ketones (excluding diaryl/α,β-unsaturated/α-hetero) is 1. The van der Waals surface area contributed by atoms with Crippen molar-refractivity contribution in [2.24, 2.45) is 0 Å². The minimum atomic E-state index is -0.905. The molecule has 0 saturated carbocycles. The molecule has 200 valence electrons. The Morgan fingerprint density at radius 3 is 2.11 bits per heavy atom. The lowest BCUT2D eigenvalue weighted by Crippen LogP contribution is -2.31. The smallest absolute Gasteiger partial charge is 0.295 e. The van der Waals surface area contributed by atoms with Crippen molar-refractivity contribution in [3.05, 3.63) is 52.6 Å². The van der Waals surface area contributed by atoms with Gasteiger partial charge in [-0.3, -0.25) is 9.59 Å². The van der Waals surface area contributed by atoms with Gasteiger partial charge < -0.3 is 33.7 Å². The lowest BCUT2D eigenvalue weighted by atomic mass is 9.94. The molecule has 37 heavy (non-hydrogen) atoms. The number of likely N-dealkylation sites (tertiary alicyclic amines) is 1. The number of aryl methyl sites for hydroxylation is 1. The van der Waals surface area contributed by atoms with Gasteiger partial charge in [0.05, 0.1) is 51.7 Å². The third kappa shape index (κ3) is 5.67. The second-order valence-corrected chi connectivity index (χ2v) is 8.93. The first-order valence-electron chi connectivity index (χ1n) is 12.0. The van der Waals surface area contributed by atoms with Crippen LogP contribution in [0.15, 0.2) is 35.9 Å². The number of ether oxygens (including phenoxy) is 5. The summed E-state index contributed by atoms with van der Waals surface area (Å²) in [6, 6.07) is 7.70. The molecule has 1 aliphatic heterocycles. The van der Waals surface area contributed by atoms with Crippen LogP contribution in [-0.2, 0) is 14.3 Å². The normalized spacial score (nSPS) is 16.9. The van der Waals surface area contributed by atoms with Gasteiger partial charge in [-0.1, -0.05) is 11.6 Å². The fourth-order valence-electron chi connectivity index (χ4n) is 4.42. The van der Waals surface area contributed by atoms with Gasteiger partial charge in [0.15, 0.2) is 11.5 Å². The molecule has 0 aliphatic carbocycles. The van der Waals surface area contributed by atoms with Gasteiger partial charge in [0.1, 0.15) is 11.5 Å². The molecule has 1 aliphatic rings. The molecule has 2 aromatic rings. The zero-order valence-electron chi connectivity index (χ0n) is 22.4. The molecule has 1 atom stereocenters. The molecular weight excluding hydrogens is 478 g/mol. The number of nitrogens with zero attached hydrogens (tertiary/aromatic N) is 1. The number of aliphatic hydroxyl groups is 1. The molecule has 0 radical (unpaired) electrons. The zero-order valence-corrected chi connectivity index (χ0v) is 22.4. The van der Waals surface area contributed by atoms with Gasteiger partial charge in [0, 0.05) is 13.2 Å². The summed E-state index contributed by atoms with van der Waals surface area (Å²) in [6.07, 6.45) is 0.537. The van der Waals surface area contributed by atoms with Crippen molar-refractivity contribution in [3.63, 3.8) is 0 Å². The number of hydrogen-bond acceptors (Lipinski definition) is 8. The maximum absolute atomic E-state index is 13.4. The summed E-state index contributed by atoms with van der Waals surface area (Å²) in [6.45, 7) is 6.36. The Bertz CT molecular complexity index is 1160. The minimum absolute atomic E-state index is 0.0371. The predicted molar refractivity (Wildman–Crippen MR) is 139 cm³/mol. The molecule has 3 rings (SSSR count). The van der Waals surface area contributed by atoms with Gasteiger partial charge in [-0.05, 0) is 57.0 Å². The highest BCUT2D eigenvalue weighted by atomic mass is 16.5. The van der Waals surface area contributed by atoms with Crippen LogP contribution in [0.1, 0.15) is 43.0 Å². The van der Waals surface area contributed by atoms with Crippen LogP contribution in [0.3, 0.4) is 0 Å². The van der Waals surface area contributed by atoms with Gasteiger partial charge in [-0.25, -0.2) is 0 Å². The number of aliphatic hydroxyl groups excluding tert-OH is 1. The van der Waals surface area contributed by atoms with Crippen molar-refractivity contribution < 1.29 is 38.4 Å². The van der Waals surface area contributed by atoms with E-state index in [2.05, 4.69) is 0 Å².